The largest absolute Gasteiger partial charge is 0.396 e. The van der Waals surface area contributed by atoms with Crippen molar-refractivity contribution in [1.29, 1.82) is 0 Å². The molecule has 2 N–H and O–H groups in total. The van der Waals surface area contributed by atoms with E-state index in [2.05, 4.69) is 4.72 Å². The lowest BCUT2D eigenvalue weighted by Gasteiger charge is -2.30. The Morgan fingerprint density at radius 2 is 1.85 bits per heavy atom. The predicted molar refractivity (Wildman–Crippen MR) is 76.5 cm³/mol. The van der Waals surface area contributed by atoms with Gasteiger partial charge in [-0.05, 0) is 43.9 Å². The maximum absolute atomic E-state index is 12.0. The molecule has 1 aliphatic heterocycles. The van der Waals surface area contributed by atoms with Gasteiger partial charge in [-0.3, -0.25) is 0 Å². The van der Waals surface area contributed by atoms with Crippen LogP contribution in [0.3, 0.4) is 0 Å². The van der Waals surface area contributed by atoms with Crippen LogP contribution in [0, 0.1) is 11.8 Å². The van der Waals surface area contributed by atoms with Gasteiger partial charge in [0, 0.05) is 39.5 Å². The molecule has 7 heteroatoms. The summed E-state index contributed by atoms with van der Waals surface area (Å²) in [6.07, 6.45) is 4.73. The first-order valence-electron chi connectivity index (χ1n) is 7.55. The van der Waals surface area contributed by atoms with E-state index in [0.717, 1.165) is 25.4 Å². The van der Waals surface area contributed by atoms with E-state index < -0.39 is 10.2 Å². The Morgan fingerprint density at radius 3 is 2.45 bits per heavy atom. The van der Waals surface area contributed by atoms with Gasteiger partial charge in [0.2, 0.25) is 0 Å². The molecule has 0 radical (unpaired) electrons. The number of nitrogens with one attached hydrogen (secondary N) is 1. The van der Waals surface area contributed by atoms with Gasteiger partial charge in [0.25, 0.3) is 10.2 Å². The lowest BCUT2D eigenvalue weighted by molar-refractivity contribution is 0.123. The van der Waals surface area contributed by atoms with Crippen LogP contribution < -0.4 is 4.72 Å². The molecule has 1 heterocycles. The lowest BCUT2D eigenvalue weighted by Crippen LogP contribution is -2.45. The van der Waals surface area contributed by atoms with Crippen LogP contribution >= 0.6 is 0 Å². The molecule has 118 valence electrons. The Morgan fingerprint density at radius 1 is 1.15 bits per heavy atom. The molecule has 0 aromatic heterocycles. The highest BCUT2D eigenvalue weighted by Gasteiger charge is 2.27. The van der Waals surface area contributed by atoms with Gasteiger partial charge in [-0.1, -0.05) is 0 Å². The van der Waals surface area contributed by atoms with Crippen molar-refractivity contribution in [2.75, 3.05) is 39.5 Å². The van der Waals surface area contributed by atoms with Crippen LogP contribution in [0.5, 0.6) is 0 Å². The van der Waals surface area contributed by atoms with Crippen LogP contribution in [0.2, 0.25) is 0 Å². The number of piperidine rings is 1. The molecule has 0 atom stereocenters. The fourth-order valence-corrected chi connectivity index (χ4v) is 3.61. The molecule has 2 fully saturated rings. The third-order valence-electron chi connectivity index (χ3n) is 3.97. The summed E-state index contributed by atoms with van der Waals surface area (Å²) in [5.41, 5.74) is 0. The number of rotatable bonds is 9. The van der Waals surface area contributed by atoms with Crippen molar-refractivity contribution < 1.29 is 18.3 Å². The Labute approximate surface area is 121 Å². The summed E-state index contributed by atoms with van der Waals surface area (Å²) in [5, 5.41) is 9.05. The van der Waals surface area contributed by atoms with Crippen molar-refractivity contribution in [1.82, 2.24) is 9.03 Å². The van der Waals surface area contributed by atoms with Crippen molar-refractivity contribution in [3.63, 3.8) is 0 Å². The van der Waals surface area contributed by atoms with Crippen LogP contribution in [0.25, 0.3) is 0 Å². The normalized spacial score (nSPS) is 22.2. The summed E-state index contributed by atoms with van der Waals surface area (Å²) in [4.78, 5) is 0. The summed E-state index contributed by atoms with van der Waals surface area (Å²) >= 11 is 0. The highest BCUT2D eigenvalue weighted by Crippen LogP contribution is 2.28. The molecule has 0 bridgehead atoms. The summed E-state index contributed by atoms with van der Waals surface area (Å²) < 4.78 is 33.7. The molecule has 20 heavy (non-hydrogen) atoms. The van der Waals surface area contributed by atoms with Gasteiger partial charge in [0.15, 0.2) is 0 Å². The number of hydrogen-bond donors (Lipinski definition) is 2. The highest BCUT2D eigenvalue weighted by molar-refractivity contribution is 7.87. The Bertz CT molecular complexity index is 376. The maximum atomic E-state index is 12.0. The van der Waals surface area contributed by atoms with E-state index in [1.807, 2.05) is 0 Å². The van der Waals surface area contributed by atoms with E-state index >= 15 is 0 Å². The Hall–Kier alpha value is -0.210. The first-order chi connectivity index (χ1) is 9.62. The Balaban J connectivity index is 1.58. The number of aliphatic hydroxyl groups excluding tert-OH is 1. The van der Waals surface area contributed by atoms with Gasteiger partial charge in [-0.2, -0.15) is 12.7 Å². The molecule has 1 saturated heterocycles. The van der Waals surface area contributed by atoms with Crippen molar-refractivity contribution >= 4 is 10.2 Å². The molecule has 0 aromatic rings. The summed E-state index contributed by atoms with van der Waals surface area (Å²) in [5.74, 6) is 0.997. The standard InChI is InChI=1S/C13H26N2O4S/c16-10-12-4-7-15(8-5-12)20(17,18)14-6-1-9-19-11-13-2-3-13/h12-14,16H,1-11H2. The summed E-state index contributed by atoms with van der Waals surface area (Å²) in [6.45, 7) is 3.01. The highest BCUT2D eigenvalue weighted by atomic mass is 32.2. The average Bonchev–Trinajstić information content (AvgIpc) is 3.27. The van der Waals surface area contributed by atoms with Crippen molar-refractivity contribution in [3.05, 3.63) is 0 Å². The fraction of sp³-hybridized carbons (Fsp3) is 1.00. The molecule has 0 spiro atoms. The smallest absolute Gasteiger partial charge is 0.279 e. The predicted octanol–water partition coefficient (Wildman–Crippen LogP) is 0.342. The molecule has 6 nitrogen and oxygen atoms in total. The van der Waals surface area contributed by atoms with Gasteiger partial charge < -0.3 is 9.84 Å². The first kappa shape index (κ1) is 16.2. The van der Waals surface area contributed by atoms with Gasteiger partial charge in [-0.15, -0.1) is 0 Å². The third-order valence-corrected chi connectivity index (χ3v) is 5.59. The minimum Gasteiger partial charge on any atom is -0.396 e. The van der Waals surface area contributed by atoms with E-state index in [9.17, 15) is 8.42 Å². The average molecular weight is 306 g/mol. The van der Waals surface area contributed by atoms with E-state index in [1.165, 1.54) is 17.1 Å². The van der Waals surface area contributed by atoms with Gasteiger partial charge in [0.1, 0.15) is 0 Å². The zero-order chi connectivity index (χ0) is 14.4. The monoisotopic (exact) mass is 306 g/mol. The second-order valence-electron chi connectivity index (χ2n) is 5.80. The molecule has 1 aliphatic carbocycles. The molecule has 2 rings (SSSR count). The zero-order valence-electron chi connectivity index (χ0n) is 12.0. The number of hydrogen-bond acceptors (Lipinski definition) is 4. The third kappa shape index (κ3) is 5.29. The van der Waals surface area contributed by atoms with Crippen LogP contribution in [0.15, 0.2) is 0 Å². The molecule has 1 saturated carbocycles. The quantitative estimate of drug-likeness (QED) is 0.602. The topological polar surface area (TPSA) is 78.9 Å². The fourth-order valence-electron chi connectivity index (χ4n) is 2.33. The first-order valence-corrected chi connectivity index (χ1v) is 8.99. The van der Waals surface area contributed by atoms with Crippen LogP contribution in [-0.4, -0.2) is 57.3 Å². The molecular weight excluding hydrogens is 280 g/mol. The zero-order valence-corrected chi connectivity index (χ0v) is 12.8. The minimum absolute atomic E-state index is 0.152. The van der Waals surface area contributed by atoms with Gasteiger partial charge in [0.05, 0.1) is 0 Å². The molecule has 0 aromatic carbocycles. The van der Waals surface area contributed by atoms with Crippen molar-refractivity contribution in [2.45, 2.75) is 32.1 Å². The number of nitrogens with zero attached hydrogens (tertiary/aromatic N) is 1. The lowest BCUT2D eigenvalue weighted by atomic mass is 10.00. The molecule has 2 aliphatic rings. The Kier molecular flexibility index (Phi) is 6.22. The molecular formula is C13H26N2O4S. The molecule has 0 amide bonds. The SMILES string of the molecule is O=S(=O)(NCCCOCC1CC1)N1CCC(CO)CC1. The summed E-state index contributed by atoms with van der Waals surface area (Å²) in [6, 6.07) is 0. The van der Waals surface area contributed by atoms with Gasteiger partial charge >= 0.3 is 0 Å². The van der Waals surface area contributed by atoms with Crippen LogP contribution in [0.4, 0.5) is 0 Å². The second-order valence-corrected chi connectivity index (χ2v) is 7.55. The number of aliphatic hydroxyl groups is 1. The van der Waals surface area contributed by atoms with E-state index in [-0.39, 0.29) is 12.5 Å². The molecule has 0 unspecified atom stereocenters. The minimum atomic E-state index is -3.36. The van der Waals surface area contributed by atoms with E-state index in [1.54, 1.807) is 0 Å². The van der Waals surface area contributed by atoms with E-state index in [0.29, 0.717) is 32.7 Å². The van der Waals surface area contributed by atoms with Crippen molar-refractivity contribution in [3.8, 4) is 0 Å². The maximum Gasteiger partial charge on any atom is 0.279 e. The van der Waals surface area contributed by atoms with E-state index in [4.69, 9.17) is 9.84 Å². The van der Waals surface area contributed by atoms with Crippen molar-refractivity contribution in [2.24, 2.45) is 11.8 Å². The number of ether oxygens (including phenoxy) is 1. The van der Waals surface area contributed by atoms with Crippen LogP contribution in [0.1, 0.15) is 32.1 Å². The van der Waals surface area contributed by atoms with Gasteiger partial charge in [-0.25, -0.2) is 4.72 Å². The van der Waals surface area contributed by atoms with Crippen LogP contribution in [-0.2, 0) is 14.9 Å². The summed E-state index contributed by atoms with van der Waals surface area (Å²) in [7, 11) is -3.36. The second kappa shape index (κ2) is 7.70.